The van der Waals surface area contributed by atoms with Crippen LogP contribution >= 0.6 is 0 Å². The standard InChI is InChI=1S/C16H24N2/c1-11(2)13-8-14(9-13)18-7-6-12-4-3-5-16(17)15(12)10-18/h3-5,11,13-14H,6-10,17H2,1-2H3. The van der Waals surface area contributed by atoms with E-state index in [-0.39, 0.29) is 0 Å². The minimum Gasteiger partial charge on any atom is -0.398 e. The maximum atomic E-state index is 6.11. The summed E-state index contributed by atoms with van der Waals surface area (Å²) in [6.45, 7) is 6.98. The summed E-state index contributed by atoms with van der Waals surface area (Å²) in [5.41, 5.74) is 9.95. The third-order valence-electron chi connectivity index (χ3n) is 4.95. The third-order valence-corrected chi connectivity index (χ3v) is 4.95. The van der Waals surface area contributed by atoms with Crippen molar-refractivity contribution in [1.29, 1.82) is 0 Å². The van der Waals surface area contributed by atoms with E-state index in [1.807, 2.05) is 6.07 Å². The van der Waals surface area contributed by atoms with Gasteiger partial charge in [-0.25, -0.2) is 0 Å². The molecule has 0 saturated heterocycles. The van der Waals surface area contributed by atoms with Gasteiger partial charge in [0.15, 0.2) is 0 Å². The molecule has 1 aliphatic carbocycles. The minimum absolute atomic E-state index is 0.810. The van der Waals surface area contributed by atoms with Crippen LogP contribution < -0.4 is 5.73 Å². The van der Waals surface area contributed by atoms with E-state index in [4.69, 9.17) is 5.73 Å². The predicted molar refractivity (Wildman–Crippen MR) is 76.3 cm³/mol. The molecule has 0 aromatic heterocycles. The number of rotatable bonds is 2. The first-order valence-electron chi connectivity index (χ1n) is 7.25. The van der Waals surface area contributed by atoms with E-state index in [1.165, 1.54) is 36.9 Å². The topological polar surface area (TPSA) is 29.3 Å². The lowest BCUT2D eigenvalue weighted by atomic mass is 9.72. The van der Waals surface area contributed by atoms with Crippen molar-refractivity contribution in [3.8, 4) is 0 Å². The first-order valence-corrected chi connectivity index (χ1v) is 7.25. The Bertz CT molecular complexity index is 433. The number of hydrogen-bond acceptors (Lipinski definition) is 2. The highest BCUT2D eigenvalue weighted by molar-refractivity contribution is 5.51. The summed E-state index contributed by atoms with van der Waals surface area (Å²) in [5.74, 6) is 1.80. The number of anilines is 1. The van der Waals surface area contributed by atoms with Crippen molar-refractivity contribution in [2.45, 2.75) is 45.7 Å². The van der Waals surface area contributed by atoms with Crippen molar-refractivity contribution >= 4 is 5.69 Å². The lowest BCUT2D eigenvalue weighted by molar-refractivity contribution is 0.0463. The number of hydrogen-bond donors (Lipinski definition) is 1. The van der Waals surface area contributed by atoms with E-state index >= 15 is 0 Å². The molecule has 1 aromatic carbocycles. The minimum atomic E-state index is 0.810. The molecule has 0 bridgehead atoms. The molecule has 0 atom stereocenters. The van der Waals surface area contributed by atoms with Crippen molar-refractivity contribution in [1.82, 2.24) is 4.90 Å². The van der Waals surface area contributed by atoms with Crippen LogP contribution in [0.5, 0.6) is 0 Å². The molecular weight excluding hydrogens is 220 g/mol. The maximum absolute atomic E-state index is 6.11. The molecule has 1 fully saturated rings. The van der Waals surface area contributed by atoms with E-state index in [0.29, 0.717) is 0 Å². The second-order valence-electron chi connectivity index (χ2n) is 6.33. The van der Waals surface area contributed by atoms with Gasteiger partial charge in [-0.2, -0.15) is 0 Å². The number of benzene rings is 1. The first-order chi connectivity index (χ1) is 8.65. The average Bonchev–Trinajstić information content (AvgIpc) is 2.27. The Hall–Kier alpha value is -1.02. The van der Waals surface area contributed by atoms with Gasteiger partial charge in [0.25, 0.3) is 0 Å². The van der Waals surface area contributed by atoms with Crippen LogP contribution in [0.1, 0.15) is 37.8 Å². The lowest BCUT2D eigenvalue weighted by Gasteiger charge is -2.46. The van der Waals surface area contributed by atoms with E-state index in [1.54, 1.807) is 0 Å². The largest absolute Gasteiger partial charge is 0.398 e. The lowest BCUT2D eigenvalue weighted by Crippen LogP contribution is -2.48. The SMILES string of the molecule is CC(C)C1CC(N2CCc3cccc(N)c3C2)C1. The molecule has 0 unspecified atom stereocenters. The van der Waals surface area contributed by atoms with E-state index in [0.717, 1.165) is 30.1 Å². The van der Waals surface area contributed by atoms with Gasteiger partial charge in [-0.05, 0) is 48.3 Å². The fourth-order valence-electron chi connectivity index (χ4n) is 3.41. The molecule has 98 valence electrons. The summed E-state index contributed by atoms with van der Waals surface area (Å²) in [7, 11) is 0. The predicted octanol–water partition coefficient (Wildman–Crippen LogP) is 3.06. The summed E-state index contributed by atoms with van der Waals surface area (Å²) in [5, 5.41) is 0. The Morgan fingerprint density at radius 1 is 1.28 bits per heavy atom. The summed E-state index contributed by atoms with van der Waals surface area (Å²) in [6.07, 6.45) is 3.95. The Morgan fingerprint density at radius 2 is 2.06 bits per heavy atom. The molecule has 2 aliphatic rings. The summed E-state index contributed by atoms with van der Waals surface area (Å²) in [6, 6.07) is 7.17. The molecule has 0 amide bonds. The Balaban J connectivity index is 1.67. The van der Waals surface area contributed by atoms with Crippen LogP contribution in [0.25, 0.3) is 0 Å². The highest BCUT2D eigenvalue weighted by Gasteiger charge is 2.36. The molecule has 2 nitrogen and oxygen atoms in total. The normalized spacial score (nSPS) is 27.9. The van der Waals surface area contributed by atoms with E-state index in [2.05, 4.69) is 30.9 Å². The highest BCUT2D eigenvalue weighted by atomic mass is 15.2. The van der Waals surface area contributed by atoms with Crippen LogP contribution in [0.2, 0.25) is 0 Å². The van der Waals surface area contributed by atoms with Crippen LogP contribution in [0.15, 0.2) is 18.2 Å². The fourth-order valence-corrected chi connectivity index (χ4v) is 3.41. The van der Waals surface area contributed by atoms with Gasteiger partial charge in [-0.15, -0.1) is 0 Å². The van der Waals surface area contributed by atoms with Gasteiger partial charge in [-0.1, -0.05) is 26.0 Å². The van der Waals surface area contributed by atoms with Crippen LogP contribution in [0, 0.1) is 11.8 Å². The average molecular weight is 244 g/mol. The molecule has 0 spiro atoms. The molecule has 2 heteroatoms. The Kier molecular flexibility index (Phi) is 3.06. The number of nitrogens with two attached hydrogens (primary N) is 1. The monoisotopic (exact) mass is 244 g/mol. The smallest absolute Gasteiger partial charge is 0.0362 e. The molecule has 0 radical (unpaired) electrons. The zero-order valence-corrected chi connectivity index (χ0v) is 11.5. The van der Waals surface area contributed by atoms with Crippen molar-refractivity contribution in [3.05, 3.63) is 29.3 Å². The molecule has 3 rings (SSSR count). The van der Waals surface area contributed by atoms with Crippen molar-refractivity contribution in [2.75, 3.05) is 12.3 Å². The Labute approximate surface area is 110 Å². The molecule has 2 N–H and O–H groups in total. The summed E-state index contributed by atoms with van der Waals surface area (Å²) >= 11 is 0. The molecule has 1 saturated carbocycles. The molecular formula is C16H24N2. The second-order valence-corrected chi connectivity index (χ2v) is 6.33. The van der Waals surface area contributed by atoms with Gasteiger partial charge in [0.05, 0.1) is 0 Å². The first kappa shape index (κ1) is 12.0. The third kappa shape index (κ3) is 2.03. The van der Waals surface area contributed by atoms with Gasteiger partial charge in [0.1, 0.15) is 0 Å². The zero-order valence-electron chi connectivity index (χ0n) is 11.5. The van der Waals surface area contributed by atoms with Crippen LogP contribution in [-0.2, 0) is 13.0 Å². The quantitative estimate of drug-likeness (QED) is 0.810. The molecule has 1 heterocycles. The number of nitrogen functional groups attached to an aromatic ring is 1. The van der Waals surface area contributed by atoms with Crippen LogP contribution in [0.4, 0.5) is 5.69 Å². The highest BCUT2D eigenvalue weighted by Crippen LogP contribution is 2.39. The molecule has 18 heavy (non-hydrogen) atoms. The number of nitrogens with zero attached hydrogens (tertiary/aromatic N) is 1. The fraction of sp³-hybridized carbons (Fsp3) is 0.625. The van der Waals surface area contributed by atoms with Crippen LogP contribution in [0.3, 0.4) is 0 Å². The molecule has 1 aliphatic heterocycles. The van der Waals surface area contributed by atoms with Crippen molar-refractivity contribution < 1.29 is 0 Å². The summed E-state index contributed by atoms with van der Waals surface area (Å²) < 4.78 is 0. The zero-order chi connectivity index (χ0) is 12.7. The van der Waals surface area contributed by atoms with Gasteiger partial charge < -0.3 is 5.73 Å². The molecule has 1 aromatic rings. The summed E-state index contributed by atoms with van der Waals surface area (Å²) in [4.78, 5) is 2.65. The van der Waals surface area contributed by atoms with Crippen LogP contribution in [-0.4, -0.2) is 17.5 Å². The van der Waals surface area contributed by atoms with Crippen molar-refractivity contribution in [2.24, 2.45) is 11.8 Å². The van der Waals surface area contributed by atoms with Gasteiger partial charge >= 0.3 is 0 Å². The Morgan fingerprint density at radius 3 is 2.78 bits per heavy atom. The second kappa shape index (κ2) is 4.58. The van der Waals surface area contributed by atoms with Gasteiger partial charge in [0, 0.05) is 24.8 Å². The van der Waals surface area contributed by atoms with E-state index in [9.17, 15) is 0 Å². The van der Waals surface area contributed by atoms with Gasteiger partial charge in [0.2, 0.25) is 0 Å². The van der Waals surface area contributed by atoms with Gasteiger partial charge in [-0.3, -0.25) is 4.90 Å². The van der Waals surface area contributed by atoms with Crippen molar-refractivity contribution in [3.63, 3.8) is 0 Å². The van der Waals surface area contributed by atoms with E-state index < -0.39 is 0 Å². The number of fused-ring (bicyclic) bond motifs is 1. The maximum Gasteiger partial charge on any atom is 0.0362 e.